The average molecular weight is 515 g/mol. The lowest BCUT2D eigenvalue weighted by Gasteiger charge is -2.37. The van der Waals surface area contributed by atoms with E-state index in [0.717, 1.165) is 24.8 Å². The number of fused-ring (bicyclic) bond motifs is 1. The molecule has 0 bridgehead atoms. The Morgan fingerprint density at radius 3 is 2.59 bits per heavy atom. The second-order valence-electron chi connectivity index (χ2n) is 8.59. The molecular formula is C26H24Cl2N2O3S. The third-order valence-corrected chi connectivity index (χ3v) is 7.75. The van der Waals surface area contributed by atoms with Gasteiger partial charge < -0.3 is 14.5 Å². The van der Waals surface area contributed by atoms with Gasteiger partial charge in [0.25, 0.3) is 5.91 Å². The van der Waals surface area contributed by atoms with Gasteiger partial charge in [-0.25, -0.2) is 0 Å². The standard InChI is InChI=1S/C26H24Cl2N2O3S/c27-18-4-8-21(9-5-18)33-16-23-22-11-13-34-24(22)10-12-29(23)25(31)15-30(20-6-7-20)26(32)17-2-1-3-19(28)14-17/h1-5,8-9,11,13-14,20,23H,6-7,10,12,15-16H2. The quantitative estimate of drug-likeness (QED) is 0.396. The van der Waals surface area contributed by atoms with Crippen LogP contribution < -0.4 is 4.74 Å². The van der Waals surface area contributed by atoms with Crippen molar-refractivity contribution in [3.05, 3.63) is 86.0 Å². The maximum absolute atomic E-state index is 13.6. The molecular weight excluding hydrogens is 491 g/mol. The largest absolute Gasteiger partial charge is 0.491 e. The lowest BCUT2D eigenvalue weighted by atomic mass is 10.0. The summed E-state index contributed by atoms with van der Waals surface area (Å²) >= 11 is 13.8. The molecule has 34 heavy (non-hydrogen) atoms. The molecule has 1 atom stereocenters. The molecule has 3 aromatic rings. The number of hydrogen-bond acceptors (Lipinski definition) is 4. The van der Waals surface area contributed by atoms with E-state index in [9.17, 15) is 9.59 Å². The summed E-state index contributed by atoms with van der Waals surface area (Å²) in [4.78, 5) is 31.7. The van der Waals surface area contributed by atoms with Gasteiger partial charge in [0.05, 0.1) is 6.04 Å². The Morgan fingerprint density at radius 2 is 1.85 bits per heavy atom. The van der Waals surface area contributed by atoms with Crippen LogP contribution >= 0.6 is 34.5 Å². The molecule has 8 heteroatoms. The van der Waals surface area contributed by atoms with Crippen molar-refractivity contribution < 1.29 is 14.3 Å². The van der Waals surface area contributed by atoms with Crippen molar-refractivity contribution in [2.75, 3.05) is 19.7 Å². The first kappa shape index (κ1) is 23.2. The third kappa shape index (κ3) is 5.09. The number of ether oxygens (including phenoxy) is 1. The molecule has 2 amide bonds. The average Bonchev–Trinajstić information content (AvgIpc) is 3.57. The molecule has 5 rings (SSSR count). The summed E-state index contributed by atoms with van der Waals surface area (Å²) in [5.74, 6) is 0.485. The normalized spacial score (nSPS) is 17.2. The van der Waals surface area contributed by atoms with Gasteiger partial charge in [-0.05, 0) is 78.7 Å². The molecule has 1 fully saturated rings. The molecule has 0 N–H and O–H groups in total. The van der Waals surface area contributed by atoms with E-state index in [4.69, 9.17) is 27.9 Å². The zero-order valence-corrected chi connectivity index (χ0v) is 20.8. The summed E-state index contributed by atoms with van der Waals surface area (Å²) in [7, 11) is 0. The zero-order valence-electron chi connectivity index (χ0n) is 18.5. The first-order valence-electron chi connectivity index (χ1n) is 11.3. The molecule has 176 valence electrons. The van der Waals surface area contributed by atoms with Crippen LogP contribution in [0, 0.1) is 0 Å². The van der Waals surface area contributed by atoms with Gasteiger partial charge in [0.1, 0.15) is 18.9 Å². The highest BCUT2D eigenvalue weighted by atomic mass is 35.5. The fourth-order valence-corrected chi connectivity index (χ4v) is 5.60. The first-order chi connectivity index (χ1) is 16.5. The van der Waals surface area contributed by atoms with Gasteiger partial charge in [0.2, 0.25) is 5.91 Å². The summed E-state index contributed by atoms with van der Waals surface area (Å²) in [5.41, 5.74) is 1.63. The van der Waals surface area contributed by atoms with Gasteiger partial charge in [0.15, 0.2) is 0 Å². The van der Waals surface area contributed by atoms with Crippen molar-refractivity contribution in [1.29, 1.82) is 0 Å². The summed E-state index contributed by atoms with van der Waals surface area (Å²) in [6.07, 6.45) is 2.64. The predicted octanol–water partition coefficient (Wildman–Crippen LogP) is 5.86. The number of carbonyl (C=O) groups is 2. The van der Waals surface area contributed by atoms with E-state index in [0.29, 0.717) is 34.5 Å². The second kappa shape index (κ2) is 9.98. The van der Waals surface area contributed by atoms with E-state index in [2.05, 4.69) is 11.4 Å². The van der Waals surface area contributed by atoms with E-state index < -0.39 is 0 Å². The Morgan fingerprint density at radius 1 is 1.06 bits per heavy atom. The summed E-state index contributed by atoms with van der Waals surface area (Å²) < 4.78 is 6.06. The lowest BCUT2D eigenvalue weighted by Crippen LogP contribution is -2.48. The number of carbonyl (C=O) groups excluding carboxylic acids is 2. The molecule has 5 nitrogen and oxygen atoms in total. The van der Waals surface area contributed by atoms with E-state index in [1.807, 2.05) is 17.0 Å². The number of rotatable bonds is 7. The number of amides is 2. The van der Waals surface area contributed by atoms with Gasteiger partial charge in [0, 0.05) is 33.1 Å². The molecule has 1 unspecified atom stereocenters. The minimum Gasteiger partial charge on any atom is -0.491 e. The number of thiophene rings is 1. The van der Waals surface area contributed by atoms with Crippen molar-refractivity contribution in [1.82, 2.24) is 9.80 Å². The Labute approximate surface area is 212 Å². The summed E-state index contributed by atoms with van der Waals surface area (Å²) in [6.45, 7) is 0.987. The van der Waals surface area contributed by atoms with Crippen LogP contribution in [0.4, 0.5) is 0 Å². The highest BCUT2D eigenvalue weighted by molar-refractivity contribution is 7.10. The highest BCUT2D eigenvalue weighted by Gasteiger charge is 2.38. The summed E-state index contributed by atoms with van der Waals surface area (Å²) in [6, 6.07) is 16.1. The number of halogens is 2. The minimum absolute atomic E-state index is 0.0485. The highest BCUT2D eigenvalue weighted by Crippen LogP contribution is 2.35. The van der Waals surface area contributed by atoms with Gasteiger partial charge >= 0.3 is 0 Å². The van der Waals surface area contributed by atoms with Gasteiger partial charge in [-0.15, -0.1) is 11.3 Å². The molecule has 1 aliphatic heterocycles. The molecule has 1 aliphatic carbocycles. The van der Waals surface area contributed by atoms with Crippen LogP contribution in [-0.2, 0) is 11.2 Å². The molecule has 1 aromatic heterocycles. The van der Waals surface area contributed by atoms with Gasteiger partial charge in [-0.1, -0.05) is 29.3 Å². The predicted molar refractivity (Wildman–Crippen MR) is 135 cm³/mol. The smallest absolute Gasteiger partial charge is 0.254 e. The monoisotopic (exact) mass is 514 g/mol. The lowest BCUT2D eigenvalue weighted by molar-refractivity contribution is -0.135. The van der Waals surface area contributed by atoms with Crippen LogP contribution in [0.1, 0.15) is 39.7 Å². The van der Waals surface area contributed by atoms with Crippen molar-refractivity contribution in [3.8, 4) is 5.75 Å². The van der Waals surface area contributed by atoms with Crippen molar-refractivity contribution in [2.45, 2.75) is 31.3 Å². The van der Waals surface area contributed by atoms with E-state index in [1.165, 1.54) is 4.88 Å². The Bertz CT molecular complexity index is 1190. The maximum Gasteiger partial charge on any atom is 0.254 e. The summed E-state index contributed by atoms with van der Waals surface area (Å²) in [5, 5.41) is 3.22. The first-order valence-corrected chi connectivity index (χ1v) is 12.9. The van der Waals surface area contributed by atoms with Crippen molar-refractivity contribution in [2.24, 2.45) is 0 Å². The fraction of sp³-hybridized carbons (Fsp3) is 0.308. The molecule has 2 aliphatic rings. The zero-order chi connectivity index (χ0) is 23.7. The van der Waals surface area contributed by atoms with Gasteiger partial charge in [-0.2, -0.15) is 0 Å². The van der Waals surface area contributed by atoms with E-state index in [1.54, 1.807) is 52.6 Å². The van der Waals surface area contributed by atoms with Crippen LogP contribution in [0.5, 0.6) is 5.75 Å². The van der Waals surface area contributed by atoms with E-state index >= 15 is 0 Å². The molecule has 0 radical (unpaired) electrons. The van der Waals surface area contributed by atoms with Crippen molar-refractivity contribution >= 4 is 46.4 Å². The minimum atomic E-state index is -0.208. The number of nitrogens with zero attached hydrogens (tertiary/aromatic N) is 2. The Hall–Kier alpha value is -2.54. The molecule has 2 aromatic carbocycles. The second-order valence-corrected chi connectivity index (χ2v) is 10.5. The Kier molecular flexibility index (Phi) is 6.82. The van der Waals surface area contributed by atoms with Gasteiger partial charge in [-0.3, -0.25) is 9.59 Å². The number of hydrogen-bond donors (Lipinski definition) is 0. The molecule has 0 saturated heterocycles. The van der Waals surface area contributed by atoms with Crippen LogP contribution in [-0.4, -0.2) is 47.4 Å². The number of benzene rings is 2. The van der Waals surface area contributed by atoms with Crippen LogP contribution in [0.25, 0.3) is 0 Å². The van der Waals surface area contributed by atoms with Crippen LogP contribution in [0.2, 0.25) is 10.0 Å². The van der Waals surface area contributed by atoms with Crippen LogP contribution in [0.3, 0.4) is 0 Å². The maximum atomic E-state index is 13.6. The third-order valence-electron chi connectivity index (χ3n) is 6.26. The Balaban J connectivity index is 1.34. The topological polar surface area (TPSA) is 49.9 Å². The molecule has 1 saturated carbocycles. The van der Waals surface area contributed by atoms with Crippen LogP contribution in [0.15, 0.2) is 60.0 Å². The van der Waals surface area contributed by atoms with Crippen molar-refractivity contribution in [3.63, 3.8) is 0 Å². The fourth-order valence-electron chi connectivity index (χ4n) is 4.36. The van der Waals surface area contributed by atoms with E-state index in [-0.39, 0.29) is 30.4 Å². The molecule has 0 spiro atoms. The molecule has 2 heterocycles. The SMILES string of the molecule is O=C(c1cccc(Cl)c1)N(CC(=O)N1CCc2sccc2C1COc1ccc(Cl)cc1)C1CC1.